The van der Waals surface area contributed by atoms with Gasteiger partial charge in [-0.2, -0.15) is 0 Å². The van der Waals surface area contributed by atoms with E-state index in [1.54, 1.807) is 24.2 Å². The molecule has 1 amide bonds. The number of carbonyl (C=O) groups is 1. The Balaban J connectivity index is 2.20. The first-order valence-corrected chi connectivity index (χ1v) is 7.16. The predicted octanol–water partition coefficient (Wildman–Crippen LogP) is 1.80. The molecule has 3 N–H and O–H groups in total. The molecule has 2 atom stereocenters. The van der Waals surface area contributed by atoms with Crippen LogP contribution in [0.15, 0.2) is 16.7 Å². The Hall–Kier alpha value is -1.14. The minimum Gasteiger partial charge on any atom is -0.391 e. The Kier molecular flexibility index (Phi) is 4.42. The highest BCUT2D eigenvalue weighted by atomic mass is 79.9. The number of anilines is 1. The van der Waals surface area contributed by atoms with Crippen LogP contribution in [-0.2, 0) is 0 Å². The molecule has 1 heterocycles. The molecule has 5 nitrogen and oxygen atoms in total. The van der Waals surface area contributed by atoms with E-state index in [2.05, 4.69) is 20.9 Å². The second-order valence-electron chi connectivity index (χ2n) is 4.92. The molecular weight excluding hydrogens is 310 g/mol. The van der Waals surface area contributed by atoms with Crippen LogP contribution in [0.1, 0.15) is 36.0 Å². The number of halogens is 1. The number of nitrogen functional groups attached to an aromatic ring is 1. The van der Waals surface area contributed by atoms with E-state index in [4.69, 9.17) is 5.73 Å². The highest BCUT2D eigenvalue weighted by molar-refractivity contribution is 9.10. The summed E-state index contributed by atoms with van der Waals surface area (Å²) < 4.78 is 0.711. The number of hydrogen-bond donors (Lipinski definition) is 2. The van der Waals surface area contributed by atoms with Crippen LogP contribution in [0.4, 0.5) is 5.82 Å². The van der Waals surface area contributed by atoms with E-state index < -0.39 is 6.10 Å². The molecule has 1 saturated carbocycles. The summed E-state index contributed by atoms with van der Waals surface area (Å²) in [6.07, 6.45) is 4.72. The molecule has 0 spiro atoms. The van der Waals surface area contributed by atoms with Crippen molar-refractivity contribution in [2.45, 2.75) is 37.8 Å². The first-order valence-electron chi connectivity index (χ1n) is 6.37. The maximum Gasteiger partial charge on any atom is 0.257 e. The number of nitrogens with zero attached hydrogens (tertiary/aromatic N) is 2. The van der Waals surface area contributed by atoms with Gasteiger partial charge < -0.3 is 15.7 Å². The fourth-order valence-electron chi connectivity index (χ4n) is 2.51. The number of likely N-dealkylation sites (N-methyl/N-ethyl adjacent to an activating group) is 1. The Bertz CT molecular complexity index is 481. The van der Waals surface area contributed by atoms with Gasteiger partial charge in [0.15, 0.2) is 0 Å². The molecule has 1 aliphatic carbocycles. The fraction of sp³-hybridized carbons (Fsp3) is 0.538. The zero-order chi connectivity index (χ0) is 14.0. The third-order valence-corrected chi connectivity index (χ3v) is 4.06. The lowest BCUT2D eigenvalue weighted by Gasteiger charge is -2.35. The van der Waals surface area contributed by atoms with Crippen molar-refractivity contribution in [3.05, 3.63) is 22.3 Å². The number of amides is 1. The van der Waals surface area contributed by atoms with Gasteiger partial charge in [-0.25, -0.2) is 4.98 Å². The van der Waals surface area contributed by atoms with Crippen LogP contribution in [0.5, 0.6) is 0 Å². The number of aliphatic hydroxyl groups excluding tert-OH is 1. The van der Waals surface area contributed by atoms with Crippen molar-refractivity contribution in [1.29, 1.82) is 0 Å². The van der Waals surface area contributed by atoms with Crippen LogP contribution < -0.4 is 5.73 Å². The van der Waals surface area contributed by atoms with Gasteiger partial charge in [-0.1, -0.05) is 12.8 Å². The molecular formula is C13H18BrN3O2. The molecule has 0 aromatic carbocycles. The summed E-state index contributed by atoms with van der Waals surface area (Å²) in [7, 11) is 1.71. The van der Waals surface area contributed by atoms with Crippen LogP contribution >= 0.6 is 15.9 Å². The zero-order valence-corrected chi connectivity index (χ0v) is 12.4. The van der Waals surface area contributed by atoms with Gasteiger partial charge in [-0.05, 0) is 34.8 Å². The van der Waals surface area contributed by atoms with Gasteiger partial charge in [0.1, 0.15) is 5.82 Å². The minimum atomic E-state index is -0.455. The van der Waals surface area contributed by atoms with E-state index in [-0.39, 0.29) is 17.8 Å². The van der Waals surface area contributed by atoms with Gasteiger partial charge in [0.05, 0.1) is 17.7 Å². The van der Waals surface area contributed by atoms with E-state index in [9.17, 15) is 9.90 Å². The summed E-state index contributed by atoms with van der Waals surface area (Å²) in [5, 5.41) is 10.0. The molecule has 6 heteroatoms. The van der Waals surface area contributed by atoms with E-state index >= 15 is 0 Å². The Morgan fingerprint density at radius 1 is 1.53 bits per heavy atom. The van der Waals surface area contributed by atoms with Gasteiger partial charge in [0.2, 0.25) is 0 Å². The fourth-order valence-corrected chi connectivity index (χ4v) is 2.84. The maximum atomic E-state index is 12.4. The summed E-state index contributed by atoms with van der Waals surface area (Å²) in [4.78, 5) is 18.0. The van der Waals surface area contributed by atoms with Gasteiger partial charge in [0.25, 0.3) is 5.91 Å². The number of pyridine rings is 1. The highest BCUT2D eigenvalue weighted by Crippen LogP contribution is 2.25. The molecule has 0 bridgehead atoms. The van der Waals surface area contributed by atoms with Crippen molar-refractivity contribution in [1.82, 2.24) is 9.88 Å². The molecule has 1 aromatic rings. The second-order valence-corrected chi connectivity index (χ2v) is 5.84. The SMILES string of the molecule is CN(C(=O)c1cc(Br)cnc1N)C1CCCCC1O. The van der Waals surface area contributed by atoms with Gasteiger partial charge in [0, 0.05) is 17.7 Å². The Labute approximate surface area is 120 Å². The largest absolute Gasteiger partial charge is 0.391 e. The summed E-state index contributed by atoms with van der Waals surface area (Å²) in [5.74, 6) is 0.0163. The van der Waals surface area contributed by atoms with Gasteiger partial charge >= 0.3 is 0 Å². The number of aromatic nitrogens is 1. The molecule has 0 saturated heterocycles. The van der Waals surface area contributed by atoms with Gasteiger partial charge in [-0.15, -0.1) is 0 Å². The summed E-state index contributed by atoms with van der Waals surface area (Å²) in [6.45, 7) is 0. The molecule has 104 valence electrons. The van der Waals surface area contributed by atoms with Crippen LogP contribution in [0.2, 0.25) is 0 Å². The Morgan fingerprint density at radius 3 is 2.89 bits per heavy atom. The van der Waals surface area contributed by atoms with Crippen molar-refractivity contribution in [3.63, 3.8) is 0 Å². The summed E-state index contributed by atoms with van der Waals surface area (Å²) >= 11 is 3.28. The van der Waals surface area contributed by atoms with Crippen molar-refractivity contribution < 1.29 is 9.90 Å². The second kappa shape index (κ2) is 5.88. The lowest BCUT2D eigenvalue weighted by Crippen LogP contribution is -2.46. The van der Waals surface area contributed by atoms with Crippen molar-refractivity contribution in [2.75, 3.05) is 12.8 Å². The molecule has 0 radical (unpaired) electrons. The van der Waals surface area contributed by atoms with E-state index in [0.717, 1.165) is 25.7 Å². The number of aliphatic hydroxyl groups is 1. The van der Waals surface area contributed by atoms with Crippen molar-refractivity contribution in [3.8, 4) is 0 Å². The van der Waals surface area contributed by atoms with E-state index in [0.29, 0.717) is 10.0 Å². The van der Waals surface area contributed by atoms with Crippen molar-refractivity contribution in [2.24, 2.45) is 0 Å². The van der Waals surface area contributed by atoms with Crippen LogP contribution in [0.3, 0.4) is 0 Å². The predicted molar refractivity (Wildman–Crippen MR) is 76.7 cm³/mol. The van der Waals surface area contributed by atoms with Gasteiger partial charge in [-0.3, -0.25) is 4.79 Å². The standard InChI is InChI=1S/C13H18BrN3O2/c1-17(10-4-2-3-5-11(10)18)13(19)9-6-8(14)7-16-12(9)15/h6-7,10-11,18H,2-5H2,1H3,(H2,15,16). The number of carbonyl (C=O) groups excluding carboxylic acids is 1. The molecule has 1 aliphatic rings. The molecule has 2 rings (SSSR count). The Morgan fingerprint density at radius 2 is 2.21 bits per heavy atom. The smallest absolute Gasteiger partial charge is 0.257 e. The number of rotatable bonds is 2. The number of nitrogens with two attached hydrogens (primary N) is 1. The lowest BCUT2D eigenvalue weighted by molar-refractivity contribution is 0.0268. The van der Waals surface area contributed by atoms with Crippen LogP contribution in [0.25, 0.3) is 0 Å². The number of hydrogen-bond acceptors (Lipinski definition) is 4. The molecule has 1 aromatic heterocycles. The molecule has 2 unspecified atom stereocenters. The summed E-state index contributed by atoms with van der Waals surface area (Å²) in [6, 6.07) is 1.52. The normalized spacial score (nSPS) is 23.1. The van der Waals surface area contributed by atoms with E-state index in [1.165, 1.54) is 0 Å². The average Bonchev–Trinajstić information content (AvgIpc) is 2.40. The third kappa shape index (κ3) is 3.06. The van der Waals surface area contributed by atoms with Crippen molar-refractivity contribution >= 4 is 27.7 Å². The zero-order valence-electron chi connectivity index (χ0n) is 10.8. The highest BCUT2D eigenvalue weighted by Gasteiger charge is 2.30. The molecule has 1 fully saturated rings. The first-order chi connectivity index (χ1) is 9.00. The maximum absolute atomic E-state index is 12.4. The summed E-state index contributed by atoms with van der Waals surface area (Å²) in [5.41, 5.74) is 6.12. The van der Waals surface area contributed by atoms with E-state index in [1.807, 2.05) is 0 Å². The lowest BCUT2D eigenvalue weighted by atomic mass is 9.91. The molecule has 0 aliphatic heterocycles. The average molecular weight is 328 g/mol. The quantitative estimate of drug-likeness (QED) is 0.868. The van der Waals surface area contributed by atoms with Crippen LogP contribution in [-0.4, -0.2) is 40.1 Å². The molecule has 19 heavy (non-hydrogen) atoms. The first kappa shape index (κ1) is 14.3. The van der Waals surface area contributed by atoms with Crippen LogP contribution in [0, 0.1) is 0 Å². The monoisotopic (exact) mass is 327 g/mol. The minimum absolute atomic E-state index is 0.139. The third-order valence-electron chi connectivity index (χ3n) is 3.63. The topological polar surface area (TPSA) is 79.5 Å².